The number of fused-ring (bicyclic) bond motifs is 1. The van der Waals surface area contributed by atoms with E-state index in [1.54, 1.807) is 0 Å². The minimum atomic E-state index is 0.720. The van der Waals surface area contributed by atoms with Crippen molar-refractivity contribution in [1.29, 1.82) is 0 Å². The van der Waals surface area contributed by atoms with E-state index in [4.69, 9.17) is 5.73 Å². The maximum atomic E-state index is 5.76. The molecule has 0 aromatic heterocycles. The van der Waals surface area contributed by atoms with Crippen molar-refractivity contribution in [3.05, 3.63) is 77.9 Å². The van der Waals surface area contributed by atoms with Crippen LogP contribution >= 0.6 is 0 Å². The topological polar surface area (TPSA) is 26.0 Å². The third kappa shape index (κ3) is 2.52. The van der Waals surface area contributed by atoms with E-state index in [2.05, 4.69) is 54.6 Å². The molecule has 3 aromatic carbocycles. The molecule has 0 bridgehead atoms. The maximum absolute atomic E-state index is 5.76. The summed E-state index contributed by atoms with van der Waals surface area (Å²) in [6.45, 7) is 0. The van der Waals surface area contributed by atoms with Crippen LogP contribution in [0.25, 0.3) is 10.8 Å². The van der Waals surface area contributed by atoms with Crippen molar-refractivity contribution < 1.29 is 0 Å². The van der Waals surface area contributed by atoms with Gasteiger partial charge >= 0.3 is 0 Å². The molecule has 1 heteroatoms. The number of hydrogen-bond acceptors (Lipinski definition) is 1. The summed E-state index contributed by atoms with van der Waals surface area (Å²) < 4.78 is 0. The second-order valence-corrected chi connectivity index (χ2v) is 6.15. The van der Waals surface area contributed by atoms with Gasteiger partial charge in [0.25, 0.3) is 0 Å². The Labute approximate surface area is 125 Å². The lowest BCUT2D eigenvalue weighted by molar-refractivity contribution is 0.796. The zero-order chi connectivity index (χ0) is 14.2. The predicted molar refractivity (Wildman–Crippen MR) is 89.4 cm³/mol. The minimum Gasteiger partial charge on any atom is -0.399 e. The first-order chi connectivity index (χ1) is 10.3. The highest BCUT2D eigenvalue weighted by molar-refractivity contribution is 5.83. The molecule has 0 heterocycles. The van der Waals surface area contributed by atoms with Crippen LogP contribution in [0.15, 0.2) is 66.7 Å². The average molecular weight is 273 g/mol. The summed E-state index contributed by atoms with van der Waals surface area (Å²) in [7, 11) is 0. The van der Waals surface area contributed by atoms with Crippen molar-refractivity contribution >= 4 is 16.5 Å². The SMILES string of the molecule is Nc1ccc(C2C[C@@H]2Cc2ccc3ccccc3c2)cc1. The highest BCUT2D eigenvalue weighted by atomic mass is 14.5. The second kappa shape index (κ2) is 4.92. The summed E-state index contributed by atoms with van der Waals surface area (Å²) in [5.41, 5.74) is 9.51. The molecule has 0 aliphatic heterocycles. The fourth-order valence-corrected chi connectivity index (χ4v) is 3.29. The number of hydrogen-bond donors (Lipinski definition) is 1. The highest BCUT2D eigenvalue weighted by Crippen LogP contribution is 2.49. The Morgan fingerprint density at radius 2 is 1.62 bits per heavy atom. The number of nitrogen functional groups attached to an aromatic ring is 1. The molecule has 1 aliphatic carbocycles. The van der Waals surface area contributed by atoms with Crippen molar-refractivity contribution in [2.24, 2.45) is 5.92 Å². The van der Waals surface area contributed by atoms with Crippen LogP contribution in [0.2, 0.25) is 0 Å². The van der Waals surface area contributed by atoms with Crippen LogP contribution in [0.3, 0.4) is 0 Å². The Morgan fingerprint density at radius 1 is 0.857 bits per heavy atom. The molecule has 1 fully saturated rings. The first-order valence-electron chi connectivity index (χ1n) is 7.63. The number of nitrogens with two attached hydrogens (primary N) is 1. The van der Waals surface area contributed by atoms with Crippen LogP contribution in [0, 0.1) is 5.92 Å². The van der Waals surface area contributed by atoms with Crippen LogP contribution in [0.4, 0.5) is 5.69 Å². The third-order valence-electron chi connectivity index (χ3n) is 4.60. The Morgan fingerprint density at radius 3 is 2.43 bits per heavy atom. The smallest absolute Gasteiger partial charge is 0.0314 e. The van der Waals surface area contributed by atoms with Crippen LogP contribution in [0.5, 0.6) is 0 Å². The second-order valence-electron chi connectivity index (χ2n) is 6.15. The number of anilines is 1. The molecule has 1 saturated carbocycles. The summed E-state index contributed by atoms with van der Waals surface area (Å²) in [5.74, 6) is 1.51. The Kier molecular flexibility index (Phi) is 2.92. The lowest BCUT2D eigenvalue weighted by Crippen LogP contribution is -1.91. The number of rotatable bonds is 3. The molecular formula is C20H19N. The van der Waals surface area contributed by atoms with Gasteiger partial charge in [0.05, 0.1) is 0 Å². The molecule has 3 aromatic rings. The summed E-state index contributed by atoms with van der Waals surface area (Å²) in [6, 6.07) is 23.8. The molecule has 1 aliphatic rings. The normalized spacial score (nSPS) is 20.6. The van der Waals surface area contributed by atoms with Gasteiger partial charge in [-0.05, 0) is 58.7 Å². The molecule has 1 nitrogen and oxygen atoms in total. The monoisotopic (exact) mass is 273 g/mol. The summed E-state index contributed by atoms with van der Waals surface area (Å²) >= 11 is 0. The van der Waals surface area contributed by atoms with Crippen LogP contribution < -0.4 is 5.73 Å². The zero-order valence-corrected chi connectivity index (χ0v) is 12.0. The van der Waals surface area contributed by atoms with Gasteiger partial charge < -0.3 is 5.73 Å². The summed E-state index contributed by atoms with van der Waals surface area (Å²) in [6.07, 6.45) is 2.48. The van der Waals surface area contributed by atoms with E-state index >= 15 is 0 Å². The molecule has 0 saturated heterocycles. The fourth-order valence-electron chi connectivity index (χ4n) is 3.29. The molecule has 2 N–H and O–H groups in total. The van der Waals surface area contributed by atoms with Crippen LogP contribution in [-0.2, 0) is 6.42 Å². The molecular weight excluding hydrogens is 254 g/mol. The van der Waals surface area contributed by atoms with Crippen LogP contribution in [-0.4, -0.2) is 0 Å². The Balaban J connectivity index is 1.50. The van der Waals surface area contributed by atoms with E-state index in [1.807, 2.05) is 12.1 Å². The third-order valence-corrected chi connectivity index (χ3v) is 4.60. The fraction of sp³-hybridized carbons (Fsp3) is 0.200. The van der Waals surface area contributed by atoms with Crippen molar-refractivity contribution in [3.63, 3.8) is 0 Å². The quantitative estimate of drug-likeness (QED) is 0.683. The van der Waals surface area contributed by atoms with Crippen LogP contribution in [0.1, 0.15) is 23.5 Å². The highest BCUT2D eigenvalue weighted by Gasteiger charge is 2.37. The molecule has 2 atom stereocenters. The summed E-state index contributed by atoms with van der Waals surface area (Å²) in [4.78, 5) is 0. The van der Waals surface area contributed by atoms with E-state index in [1.165, 1.54) is 34.7 Å². The first kappa shape index (κ1) is 12.5. The van der Waals surface area contributed by atoms with E-state index in [9.17, 15) is 0 Å². The van der Waals surface area contributed by atoms with Gasteiger partial charge in [0, 0.05) is 5.69 Å². The maximum Gasteiger partial charge on any atom is 0.0314 e. The number of benzene rings is 3. The standard InChI is InChI=1S/C20H19N/c21-19-9-7-16(8-10-19)20-13-18(20)12-14-5-6-15-3-1-2-4-17(15)11-14/h1-11,18,20H,12-13,21H2/t18-,20?/m0/s1. The van der Waals surface area contributed by atoms with E-state index in [0.717, 1.165) is 17.5 Å². The molecule has 0 amide bonds. The van der Waals surface area contributed by atoms with E-state index < -0.39 is 0 Å². The molecule has 0 spiro atoms. The molecule has 21 heavy (non-hydrogen) atoms. The van der Waals surface area contributed by atoms with Crippen molar-refractivity contribution in [2.75, 3.05) is 5.73 Å². The van der Waals surface area contributed by atoms with Gasteiger partial charge in [0.2, 0.25) is 0 Å². The summed E-state index contributed by atoms with van der Waals surface area (Å²) in [5, 5.41) is 2.67. The van der Waals surface area contributed by atoms with Gasteiger partial charge in [-0.15, -0.1) is 0 Å². The van der Waals surface area contributed by atoms with Gasteiger partial charge in [0.1, 0.15) is 0 Å². The molecule has 1 unspecified atom stereocenters. The first-order valence-corrected chi connectivity index (χ1v) is 7.63. The van der Waals surface area contributed by atoms with Gasteiger partial charge in [-0.2, -0.15) is 0 Å². The average Bonchev–Trinajstić information content (AvgIpc) is 3.27. The van der Waals surface area contributed by atoms with E-state index in [0.29, 0.717) is 0 Å². The van der Waals surface area contributed by atoms with Crippen molar-refractivity contribution in [1.82, 2.24) is 0 Å². The van der Waals surface area contributed by atoms with Gasteiger partial charge in [-0.3, -0.25) is 0 Å². The Bertz CT molecular complexity index is 773. The van der Waals surface area contributed by atoms with Crippen molar-refractivity contribution in [3.8, 4) is 0 Å². The Hall–Kier alpha value is -2.28. The molecule has 0 radical (unpaired) electrons. The molecule has 104 valence electrons. The zero-order valence-electron chi connectivity index (χ0n) is 12.0. The van der Waals surface area contributed by atoms with Crippen molar-refractivity contribution in [2.45, 2.75) is 18.8 Å². The van der Waals surface area contributed by atoms with E-state index in [-0.39, 0.29) is 0 Å². The lowest BCUT2D eigenvalue weighted by Gasteiger charge is -2.04. The van der Waals surface area contributed by atoms with Gasteiger partial charge in [-0.1, -0.05) is 54.6 Å². The van der Waals surface area contributed by atoms with Gasteiger partial charge in [-0.25, -0.2) is 0 Å². The lowest BCUT2D eigenvalue weighted by atomic mass is 10.0. The molecule has 4 rings (SSSR count). The minimum absolute atomic E-state index is 0.720. The van der Waals surface area contributed by atoms with Gasteiger partial charge in [0.15, 0.2) is 0 Å². The predicted octanol–water partition coefficient (Wildman–Crippen LogP) is 4.77. The largest absolute Gasteiger partial charge is 0.399 e.